The van der Waals surface area contributed by atoms with Gasteiger partial charge in [-0.3, -0.25) is 4.79 Å². The molecule has 20 heavy (non-hydrogen) atoms. The third kappa shape index (κ3) is 3.16. The van der Waals surface area contributed by atoms with E-state index in [-0.39, 0.29) is 16.9 Å². The summed E-state index contributed by atoms with van der Waals surface area (Å²) in [5, 5.41) is 21.1. The zero-order chi connectivity index (χ0) is 14.7. The van der Waals surface area contributed by atoms with Gasteiger partial charge in [-0.1, -0.05) is 22.0 Å². The van der Waals surface area contributed by atoms with Gasteiger partial charge in [0.15, 0.2) is 0 Å². The minimum absolute atomic E-state index is 0.0706. The Kier molecular flexibility index (Phi) is 4.05. The molecule has 0 bridgehead atoms. The minimum Gasteiger partial charge on any atom is -0.507 e. The number of hydrogen-bond acceptors (Lipinski definition) is 3. The number of hydrogen-bond donors (Lipinski definition) is 3. The van der Waals surface area contributed by atoms with Crippen LogP contribution >= 0.6 is 15.9 Å². The van der Waals surface area contributed by atoms with Crippen LogP contribution in [0.5, 0.6) is 5.75 Å². The molecule has 0 aliphatic heterocycles. The number of aromatic hydroxyl groups is 1. The van der Waals surface area contributed by atoms with Crippen LogP contribution in [0.15, 0.2) is 46.9 Å². The monoisotopic (exact) mass is 335 g/mol. The molecule has 0 atom stereocenters. The van der Waals surface area contributed by atoms with E-state index < -0.39 is 11.9 Å². The second kappa shape index (κ2) is 5.75. The Labute approximate surface area is 123 Å². The summed E-state index contributed by atoms with van der Waals surface area (Å²) in [4.78, 5) is 22.9. The Morgan fingerprint density at radius 1 is 1.10 bits per heavy atom. The first-order valence-corrected chi connectivity index (χ1v) is 6.40. The van der Waals surface area contributed by atoms with Gasteiger partial charge in [0, 0.05) is 10.2 Å². The van der Waals surface area contributed by atoms with Crippen molar-refractivity contribution in [3.05, 3.63) is 58.1 Å². The van der Waals surface area contributed by atoms with Crippen LogP contribution < -0.4 is 5.32 Å². The molecular formula is C14H10BrNO4. The zero-order valence-corrected chi connectivity index (χ0v) is 11.7. The maximum absolute atomic E-state index is 12.0. The summed E-state index contributed by atoms with van der Waals surface area (Å²) in [5.41, 5.74) is 0.510. The lowest BCUT2D eigenvalue weighted by atomic mass is 10.1. The van der Waals surface area contributed by atoms with Gasteiger partial charge in [-0.15, -0.1) is 0 Å². The summed E-state index contributed by atoms with van der Waals surface area (Å²) in [6.07, 6.45) is 0. The van der Waals surface area contributed by atoms with Crippen molar-refractivity contribution in [1.29, 1.82) is 0 Å². The maximum atomic E-state index is 12.0. The predicted molar refractivity (Wildman–Crippen MR) is 77.2 cm³/mol. The Hall–Kier alpha value is -2.34. The topological polar surface area (TPSA) is 86.6 Å². The van der Waals surface area contributed by atoms with E-state index in [2.05, 4.69) is 21.2 Å². The quantitative estimate of drug-likeness (QED) is 0.804. The molecule has 0 saturated heterocycles. The molecule has 1 amide bonds. The number of rotatable bonds is 3. The summed E-state index contributed by atoms with van der Waals surface area (Å²) in [6, 6.07) is 10.3. The van der Waals surface area contributed by atoms with Crippen LogP contribution in [0, 0.1) is 0 Å². The first-order chi connectivity index (χ1) is 9.47. The van der Waals surface area contributed by atoms with E-state index in [9.17, 15) is 14.7 Å². The third-order valence-electron chi connectivity index (χ3n) is 2.57. The number of phenols is 1. The number of aromatic carboxylic acids is 1. The number of carboxylic acids is 1. The summed E-state index contributed by atoms with van der Waals surface area (Å²) < 4.78 is 0.653. The van der Waals surface area contributed by atoms with Crippen molar-refractivity contribution < 1.29 is 19.8 Å². The van der Waals surface area contributed by atoms with Crippen LogP contribution in [-0.2, 0) is 0 Å². The van der Waals surface area contributed by atoms with Crippen LogP contribution in [0.25, 0.3) is 0 Å². The Morgan fingerprint density at radius 3 is 2.55 bits per heavy atom. The molecule has 0 unspecified atom stereocenters. The molecule has 0 fully saturated rings. The molecule has 0 spiro atoms. The highest BCUT2D eigenvalue weighted by Gasteiger charge is 2.12. The van der Waals surface area contributed by atoms with Gasteiger partial charge in [-0.25, -0.2) is 4.79 Å². The first-order valence-electron chi connectivity index (χ1n) is 5.60. The number of amides is 1. The number of phenolic OH excluding ortho intramolecular Hbond substituents is 1. The van der Waals surface area contributed by atoms with Gasteiger partial charge >= 0.3 is 5.97 Å². The van der Waals surface area contributed by atoms with Crippen molar-refractivity contribution in [1.82, 2.24) is 0 Å². The molecule has 3 N–H and O–H groups in total. The van der Waals surface area contributed by atoms with Crippen molar-refractivity contribution in [3.8, 4) is 5.75 Å². The molecule has 0 radical (unpaired) electrons. The zero-order valence-electron chi connectivity index (χ0n) is 10.1. The fourth-order valence-electron chi connectivity index (χ4n) is 1.62. The molecule has 2 rings (SSSR count). The average Bonchev–Trinajstić information content (AvgIpc) is 2.41. The number of anilines is 1. The molecule has 2 aromatic rings. The molecule has 5 nitrogen and oxygen atoms in total. The second-order valence-corrected chi connectivity index (χ2v) is 4.92. The number of benzene rings is 2. The van der Waals surface area contributed by atoms with Crippen molar-refractivity contribution >= 4 is 33.5 Å². The summed E-state index contributed by atoms with van der Waals surface area (Å²) in [6.45, 7) is 0. The Morgan fingerprint density at radius 2 is 1.85 bits per heavy atom. The second-order valence-electron chi connectivity index (χ2n) is 4.00. The largest absolute Gasteiger partial charge is 0.507 e. The van der Waals surface area contributed by atoms with Gasteiger partial charge in [0.1, 0.15) is 5.75 Å². The summed E-state index contributed by atoms with van der Waals surface area (Å²) in [5.74, 6) is -1.75. The van der Waals surface area contributed by atoms with E-state index in [0.29, 0.717) is 10.2 Å². The lowest BCUT2D eigenvalue weighted by Gasteiger charge is -2.08. The standard InChI is InChI=1S/C14H10BrNO4/c15-9-4-5-12(17)11(7-9)13(18)16-10-3-1-2-8(6-10)14(19)20/h1-7,17H,(H,16,18)(H,19,20). The Balaban J connectivity index is 2.25. The summed E-state index contributed by atoms with van der Waals surface area (Å²) >= 11 is 3.21. The van der Waals surface area contributed by atoms with Crippen molar-refractivity contribution in [2.45, 2.75) is 0 Å². The van der Waals surface area contributed by atoms with E-state index in [1.165, 1.54) is 30.3 Å². The van der Waals surface area contributed by atoms with E-state index in [1.807, 2.05) is 0 Å². The lowest BCUT2D eigenvalue weighted by Crippen LogP contribution is -2.12. The van der Waals surface area contributed by atoms with Crippen LogP contribution in [-0.4, -0.2) is 22.1 Å². The van der Waals surface area contributed by atoms with Crippen LogP contribution in [0.4, 0.5) is 5.69 Å². The van der Waals surface area contributed by atoms with E-state index in [4.69, 9.17) is 5.11 Å². The molecule has 0 aliphatic carbocycles. The van der Waals surface area contributed by atoms with E-state index in [1.54, 1.807) is 12.1 Å². The number of carbonyl (C=O) groups is 2. The number of halogens is 1. The molecular weight excluding hydrogens is 326 g/mol. The molecule has 2 aromatic carbocycles. The van der Waals surface area contributed by atoms with E-state index >= 15 is 0 Å². The molecule has 0 heterocycles. The number of carbonyl (C=O) groups excluding carboxylic acids is 1. The fourth-order valence-corrected chi connectivity index (χ4v) is 1.98. The maximum Gasteiger partial charge on any atom is 0.335 e. The minimum atomic E-state index is -1.08. The fraction of sp³-hybridized carbons (Fsp3) is 0. The molecule has 0 saturated carbocycles. The van der Waals surface area contributed by atoms with Gasteiger partial charge in [-0.2, -0.15) is 0 Å². The van der Waals surface area contributed by atoms with Gasteiger partial charge in [0.05, 0.1) is 11.1 Å². The predicted octanol–water partition coefficient (Wildman–Crippen LogP) is 3.11. The van der Waals surface area contributed by atoms with Crippen molar-refractivity contribution in [3.63, 3.8) is 0 Å². The van der Waals surface area contributed by atoms with Gasteiger partial charge in [0.2, 0.25) is 0 Å². The normalized spacial score (nSPS) is 10.1. The molecule has 0 aliphatic rings. The van der Waals surface area contributed by atoms with Gasteiger partial charge in [0.25, 0.3) is 5.91 Å². The van der Waals surface area contributed by atoms with Crippen LogP contribution in [0.2, 0.25) is 0 Å². The number of carboxylic acid groups (broad SMARTS) is 1. The first kappa shape index (κ1) is 14.1. The van der Waals surface area contributed by atoms with Gasteiger partial charge < -0.3 is 15.5 Å². The highest BCUT2D eigenvalue weighted by Crippen LogP contribution is 2.23. The van der Waals surface area contributed by atoms with Gasteiger partial charge in [-0.05, 0) is 36.4 Å². The van der Waals surface area contributed by atoms with Crippen LogP contribution in [0.3, 0.4) is 0 Å². The van der Waals surface area contributed by atoms with Crippen LogP contribution in [0.1, 0.15) is 20.7 Å². The SMILES string of the molecule is O=C(O)c1cccc(NC(=O)c2cc(Br)ccc2O)c1. The highest BCUT2D eigenvalue weighted by molar-refractivity contribution is 9.10. The number of nitrogens with one attached hydrogen (secondary N) is 1. The molecule has 102 valence electrons. The summed E-state index contributed by atoms with van der Waals surface area (Å²) in [7, 11) is 0. The average molecular weight is 336 g/mol. The lowest BCUT2D eigenvalue weighted by molar-refractivity contribution is 0.0696. The van der Waals surface area contributed by atoms with Crippen molar-refractivity contribution in [2.75, 3.05) is 5.32 Å². The molecule has 0 aromatic heterocycles. The smallest absolute Gasteiger partial charge is 0.335 e. The molecule has 6 heteroatoms. The highest BCUT2D eigenvalue weighted by atomic mass is 79.9. The van der Waals surface area contributed by atoms with E-state index in [0.717, 1.165) is 0 Å². The third-order valence-corrected chi connectivity index (χ3v) is 3.06. The van der Waals surface area contributed by atoms with Crippen molar-refractivity contribution in [2.24, 2.45) is 0 Å². The Bertz CT molecular complexity index is 685.